The van der Waals surface area contributed by atoms with Crippen LogP contribution in [0.4, 0.5) is 0 Å². The maximum Gasteiger partial charge on any atom is 0.0931 e. The van der Waals surface area contributed by atoms with Gasteiger partial charge in [-0.15, -0.1) is 11.3 Å². The fraction of sp³-hybridized carbons (Fsp3) is 0.600. The van der Waals surface area contributed by atoms with Crippen LogP contribution in [0.25, 0.3) is 0 Å². The fourth-order valence-corrected chi connectivity index (χ4v) is 2.56. The molecule has 1 aromatic rings. The second kappa shape index (κ2) is 4.62. The van der Waals surface area contributed by atoms with E-state index < -0.39 is 0 Å². The standard InChI is InChI=1S/C10H17ClN2S/c1-10(2,12)6-7(13-3)8-4-5-9(11)14-8/h4-5,7,13H,6,12H2,1-3H3. The van der Waals surface area contributed by atoms with Crippen LogP contribution < -0.4 is 11.1 Å². The average molecular weight is 233 g/mol. The largest absolute Gasteiger partial charge is 0.325 e. The lowest BCUT2D eigenvalue weighted by Gasteiger charge is -2.24. The van der Waals surface area contributed by atoms with Crippen LogP contribution in [0.15, 0.2) is 12.1 Å². The van der Waals surface area contributed by atoms with Gasteiger partial charge < -0.3 is 11.1 Å². The van der Waals surface area contributed by atoms with E-state index in [4.69, 9.17) is 17.3 Å². The van der Waals surface area contributed by atoms with Crippen molar-refractivity contribution in [2.24, 2.45) is 5.73 Å². The van der Waals surface area contributed by atoms with E-state index in [-0.39, 0.29) is 5.54 Å². The molecule has 14 heavy (non-hydrogen) atoms. The van der Waals surface area contributed by atoms with Crippen LogP contribution in [-0.4, -0.2) is 12.6 Å². The highest BCUT2D eigenvalue weighted by atomic mass is 35.5. The monoisotopic (exact) mass is 232 g/mol. The summed E-state index contributed by atoms with van der Waals surface area (Å²) < 4.78 is 0.829. The molecule has 0 aliphatic rings. The van der Waals surface area contributed by atoms with Crippen LogP contribution >= 0.6 is 22.9 Å². The van der Waals surface area contributed by atoms with Crippen molar-refractivity contribution in [3.05, 3.63) is 21.3 Å². The van der Waals surface area contributed by atoms with Gasteiger partial charge in [0.05, 0.1) is 4.34 Å². The summed E-state index contributed by atoms with van der Waals surface area (Å²) in [6, 6.07) is 4.28. The summed E-state index contributed by atoms with van der Waals surface area (Å²) in [6.45, 7) is 4.07. The molecule has 0 spiro atoms. The number of thiophene rings is 1. The Kier molecular flexibility index (Phi) is 3.95. The van der Waals surface area contributed by atoms with Crippen molar-refractivity contribution in [2.45, 2.75) is 31.8 Å². The van der Waals surface area contributed by atoms with Crippen molar-refractivity contribution in [1.82, 2.24) is 5.32 Å². The van der Waals surface area contributed by atoms with E-state index in [9.17, 15) is 0 Å². The number of nitrogens with one attached hydrogen (secondary N) is 1. The predicted octanol–water partition coefficient (Wildman–Crippen LogP) is 2.79. The van der Waals surface area contributed by atoms with Crippen LogP contribution in [0.2, 0.25) is 4.34 Å². The first-order valence-electron chi connectivity index (χ1n) is 4.64. The molecule has 0 amide bonds. The van der Waals surface area contributed by atoms with E-state index in [1.54, 1.807) is 11.3 Å². The van der Waals surface area contributed by atoms with E-state index >= 15 is 0 Å². The number of nitrogens with two attached hydrogens (primary N) is 1. The highest BCUT2D eigenvalue weighted by molar-refractivity contribution is 7.16. The van der Waals surface area contributed by atoms with Crippen LogP contribution in [0, 0.1) is 0 Å². The van der Waals surface area contributed by atoms with Crippen LogP contribution in [0.1, 0.15) is 31.2 Å². The number of halogens is 1. The Bertz CT molecular complexity index is 291. The molecule has 0 aromatic carbocycles. The van der Waals surface area contributed by atoms with Gasteiger partial charge in [0.1, 0.15) is 0 Å². The normalized spacial score (nSPS) is 14.4. The average Bonchev–Trinajstić information content (AvgIpc) is 2.46. The third-order valence-electron chi connectivity index (χ3n) is 2.02. The Morgan fingerprint density at radius 2 is 2.21 bits per heavy atom. The summed E-state index contributed by atoms with van der Waals surface area (Å²) >= 11 is 7.50. The molecule has 4 heteroatoms. The third-order valence-corrected chi connectivity index (χ3v) is 3.36. The van der Waals surface area contributed by atoms with Crippen LogP contribution in [0.3, 0.4) is 0 Å². The fourth-order valence-electron chi connectivity index (χ4n) is 1.39. The smallest absolute Gasteiger partial charge is 0.0931 e. The van der Waals surface area contributed by atoms with Gasteiger partial charge in [0.2, 0.25) is 0 Å². The first kappa shape index (κ1) is 12.0. The maximum absolute atomic E-state index is 5.99. The van der Waals surface area contributed by atoms with E-state index in [0.717, 1.165) is 10.8 Å². The van der Waals surface area contributed by atoms with Gasteiger partial charge in [-0.05, 0) is 39.4 Å². The van der Waals surface area contributed by atoms with E-state index in [1.807, 2.05) is 27.0 Å². The Morgan fingerprint density at radius 1 is 1.57 bits per heavy atom. The molecule has 0 radical (unpaired) electrons. The van der Waals surface area contributed by atoms with Gasteiger partial charge in [0.25, 0.3) is 0 Å². The van der Waals surface area contributed by atoms with Crippen molar-refractivity contribution in [3.63, 3.8) is 0 Å². The number of rotatable bonds is 4. The predicted molar refractivity (Wildman–Crippen MR) is 64.0 cm³/mol. The molecule has 1 atom stereocenters. The minimum atomic E-state index is -0.163. The van der Waals surface area contributed by atoms with Gasteiger partial charge in [0, 0.05) is 16.5 Å². The van der Waals surface area contributed by atoms with Crippen molar-refractivity contribution in [3.8, 4) is 0 Å². The summed E-state index contributed by atoms with van der Waals surface area (Å²) in [7, 11) is 1.95. The molecule has 1 unspecified atom stereocenters. The second-order valence-corrected chi connectivity index (χ2v) is 5.92. The molecule has 0 aliphatic carbocycles. The van der Waals surface area contributed by atoms with Gasteiger partial charge in [-0.25, -0.2) is 0 Å². The molecule has 1 rings (SSSR count). The second-order valence-electron chi connectivity index (χ2n) is 4.18. The lowest BCUT2D eigenvalue weighted by Crippen LogP contribution is -2.36. The van der Waals surface area contributed by atoms with Crippen molar-refractivity contribution in [1.29, 1.82) is 0 Å². The molecule has 1 heterocycles. The summed E-state index contributed by atoms with van der Waals surface area (Å²) in [4.78, 5) is 1.25. The van der Waals surface area contributed by atoms with Crippen molar-refractivity contribution >= 4 is 22.9 Å². The highest BCUT2D eigenvalue weighted by Gasteiger charge is 2.20. The number of hydrogen-bond acceptors (Lipinski definition) is 3. The maximum atomic E-state index is 5.99. The molecule has 3 N–H and O–H groups in total. The summed E-state index contributed by atoms with van der Waals surface area (Å²) in [5.74, 6) is 0. The Morgan fingerprint density at radius 3 is 2.57 bits per heavy atom. The zero-order valence-corrected chi connectivity index (χ0v) is 10.4. The first-order valence-corrected chi connectivity index (χ1v) is 5.83. The SMILES string of the molecule is CNC(CC(C)(C)N)c1ccc(Cl)s1. The quantitative estimate of drug-likeness (QED) is 0.838. The van der Waals surface area contributed by atoms with Gasteiger partial charge in [-0.2, -0.15) is 0 Å². The van der Waals surface area contributed by atoms with E-state index in [0.29, 0.717) is 6.04 Å². The zero-order valence-electron chi connectivity index (χ0n) is 8.80. The Labute approximate surface area is 94.5 Å². The molecule has 80 valence electrons. The minimum Gasteiger partial charge on any atom is -0.325 e. The molecule has 1 aromatic heterocycles. The van der Waals surface area contributed by atoms with Crippen molar-refractivity contribution < 1.29 is 0 Å². The molecule has 0 fully saturated rings. The third kappa shape index (κ3) is 3.58. The Hall–Kier alpha value is -0.0900. The minimum absolute atomic E-state index is 0.163. The molecule has 0 aliphatic heterocycles. The van der Waals surface area contributed by atoms with Crippen molar-refractivity contribution in [2.75, 3.05) is 7.05 Å². The molecule has 0 bridgehead atoms. The van der Waals surface area contributed by atoms with E-state index in [2.05, 4.69) is 11.4 Å². The van der Waals surface area contributed by atoms with Crippen LogP contribution in [-0.2, 0) is 0 Å². The highest BCUT2D eigenvalue weighted by Crippen LogP contribution is 2.30. The topological polar surface area (TPSA) is 38.0 Å². The van der Waals surface area contributed by atoms with Gasteiger partial charge in [0.15, 0.2) is 0 Å². The molecule has 0 saturated carbocycles. The number of hydrogen-bond donors (Lipinski definition) is 2. The Balaban J connectivity index is 2.72. The molecule has 0 saturated heterocycles. The van der Waals surface area contributed by atoms with Crippen LogP contribution in [0.5, 0.6) is 0 Å². The molecular weight excluding hydrogens is 216 g/mol. The summed E-state index contributed by atoms with van der Waals surface area (Å²) in [5, 5.41) is 3.26. The lowest BCUT2D eigenvalue weighted by molar-refractivity contribution is 0.399. The van der Waals surface area contributed by atoms with E-state index in [1.165, 1.54) is 4.88 Å². The first-order chi connectivity index (χ1) is 6.42. The lowest BCUT2D eigenvalue weighted by atomic mass is 9.96. The van der Waals surface area contributed by atoms with Gasteiger partial charge in [-0.3, -0.25) is 0 Å². The van der Waals surface area contributed by atoms with Gasteiger partial charge in [-0.1, -0.05) is 11.6 Å². The summed E-state index contributed by atoms with van der Waals surface area (Å²) in [5.41, 5.74) is 5.83. The summed E-state index contributed by atoms with van der Waals surface area (Å²) in [6.07, 6.45) is 0.903. The zero-order chi connectivity index (χ0) is 10.8. The molecule has 2 nitrogen and oxygen atoms in total. The molecular formula is C10H17ClN2S. The van der Waals surface area contributed by atoms with Gasteiger partial charge >= 0.3 is 0 Å².